The van der Waals surface area contributed by atoms with Crippen molar-refractivity contribution in [2.24, 2.45) is 5.73 Å². The molecule has 0 radical (unpaired) electrons. The van der Waals surface area contributed by atoms with Crippen molar-refractivity contribution < 1.29 is 18.7 Å². The maximum atomic E-state index is 11.9. The molecule has 2 N–H and O–H groups in total. The fraction of sp³-hybridized carbons (Fsp3) is 0.211. The normalized spacial score (nSPS) is 11.2. The first-order valence-electron chi connectivity index (χ1n) is 7.65. The molecule has 0 aliphatic heterocycles. The molecule has 0 bridgehead atoms. The summed E-state index contributed by atoms with van der Waals surface area (Å²) in [4.78, 5) is 23.0. The van der Waals surface area contributed by atoms with Crippen LogP contribution in [0.5, 0.6) is 0 Å². The third-order valence-corrected chi connectivity index (χ3v) is 3.37. The molecular formula is C19H18N2O4. The highest BCUT2D eigenvalue weighted by atomic mass is 16.5. The van der Waals surface area contributed by atoms with E-state index in [1.807, 2.05) is 6.92 Å². The number of aryl methyl sites for hydroxylation is 1. The smallest absolute Gasteiger partial charge is 0.338 e. The van der Waals surface area contributed by atoms with Crippen molar-refractivity contribution in [3.63, 3.8) is 0 Å². The number of benzene rings is 1. The van der Waals surface area contributed by atoms with Gasteiger partial charge in [0, 0.05) is 11.6 Å². The van der Waals surface area contributed by atoms with Crippen LogP contribution in [0.2, 0.25) is 0 Å². The summed E-state index contributed by atoms with van der Waals surface area (Å²) in [6, 6.07) is 10.2. The Hall–Kier alpha value is -3.33. The molecule has 0 aliphatic rings. The number of amides is 1. The van der Waals surface area contributed by atoms with Crippen molar-refractivity contribution in [1.82, 2.24) is 0 Å². The molecule has 0 saturated carbocycles. The first kappa shape index (κ1) is 18.0. The average Bonchev–Trinajstić information content (AvgIpc) is 2.99. The zero-order valence-electron chi connectivity index (χ0n) is 14.2. The summed E-state index contributed by atoms with van der Waals surface area (Å²) >= 11 is 0. The quantitative estimate of drug-likeness (QED) is 0.512. The van der Waals surface area contributed by atoms with Crippen LogP contribution in [-0.2, 0) is 9.53 Å². The van der Waals surface area contributed by atoms with Gasteiger partial charge < -0.3 is 14.9 Å². The van der Waals surface area contributed by atoms with E-state index in [0.29, 0.717) is 17.1 Å². The van der Waals surface area contributed by atoms with Gasteiger partial charge in [0.25, 0.3) is 5.91 Å². The van der Waals surface area contributed by atoms with Gasteiger partial charge >= 0.3 is 5.97 Å². The lowest BCUT2D eigenvalue weighted by atomic mass is 10.0. The SMILES string of the molecule is Cc1cc(C(=O)OC(C)C)ccc1-c1ccc(/C=C(\C#N)C(N)=O)o1. The van der Waals surface area contributed by atoms with E-state index < -0.39 is 5.91 Å². The summed E-state index contributed by atoms with van der Waals surface area (Å²) in [6.07, 6.45) is 1.10. The lowest BCUT2D eigenvalue weighted by molar-refractivity contribution is -0.114. The molecule has 0 atom stereocenters. The molecule has 1 aromatic carbocycles. The fourth-order valence-corrected chi connectivity index (χ4v) is 2.23. The van der Waals surface area contributed by atoms with Gasteiger partial charge in [-0.25, -0.2) is 4.79 Å². The molecule has 1 amide bonds. The van der Waals surface area contributed by atoms with Crippen molar-refractivity contribution in [1.29, 1.82) is 5.26 Å². The number of esters is 1. The minimum Gasteiger partial charge on any atom is -0.459 e. The molecule has 0 spiro atoms. The van der Waals surface area contributed by atoms with Crippen molar-refractivity contribution in [3.05, 3.63) is 52.8 Å². The van der Waals surface area contributed by atoms with Gasteiger partial charge in [0.1, 0.15) is 23.2 Å². The van der Waals surface area contributed by atoms with E-state index in [1.54, 1.807) is 50.2 Å². The van der Waals surface area contributed by atoms with Gasteiger partial charge in [-0.15, -0.1) is 0 Å². The van der Waals surface area contributed by atoms with E-state index in [2.05, 4.69) is 0 Å². The summed E-state index contributed by atoms with van der Waals surface area (Å²) in [5, 5.41) is 8.87. The van der Waals surface area contributed by atoms with Gasteiger partial charge in [-0.05, 0) is 50.6 Å². The Morgan fingerprint density at radius 1 is 1.28 bits per heavy atom. The highest BCUT2D eigenvalue weighted by Gasteiger charge is 2.13. The van der Waals surface area contributed by atoms with Crippen LogP contribution in [0.25, 0.3) is 17.4 Å². The van der Waals surface area contributed by atoms with E-state index in [9.17, 15) is 9.59 Å². The minimum absolute atomic E-state index is 0.188. The first-order valence-corrected chi connectivity index (χ1v) is 7.65. The second-order valence-electron chi connectivity index (χ2n) is 5.72. The molecule has 0 saturated heterocycles. The summed E-state index contributed by atoms with van der Waals surface area (Å²) in [6.45, 7) is 5.43. The Labute approximate surface area is 145 Å². The van der Waals surface area contributed by atoms with Gasteiger partial charge in [0.15, 0.2) is 0 Å². The maximum Gasteiger partial charge on any atom is 0.338 e. The monoisotopic (exact) mass is 338 g/mol. The molecule has 1 aromatic heterocycles. The Bertz CT molecular complexity index is 885. The zero-order chi connectivity index (χ0) is 18.6. The molecular weight excluding hydrogens is 320 g/mol. The van der Waals surface area contributed by atoms with Crippen molar-refractivity contribution in [3.8, 4) is 17.4 Å². The predicted molar refractivity (Wildman–Crippen MR) is 92.2 cm³/mol. The highest BCUT2D eigenvalue weighted by Crippen LogP contribution is 2.27. The predicted octanol–water partition coefficient (Wildman–Crippen LogP) is 3.21. The lowest BCUT2D eigenvalue weighted by Crippen LogP contribution is -2.12. The summed E-state index contributed by atoms with van der Waals surface area (Å²) < 4.78 is 10.8. The highest BCUT2D eigenvalue weighted by molar-refractivity contribution is 6.00. The van der Waals surface area contributed by atoms with Crippen LogP contribution in [0.15, 0.2) is 40.3 Å². The van der Waals surface area contributed by atoms with Crippen LogP contribution in [-0.4, -0.2) is 18.0 Å². The Morgan fingerprint density at radius 2 is 2.00 bits per heavy atom. The van der Waals surface area contributed by atoms with Crippen LogP contribution in [0, 0.1) is 18.3 Å². The van der Waals surface area contributed by atoms with Crippen LogP contribution in [0.1, 0.15) is 35.5 Å². The number of nitrogens with two attached hydrogens (primary N) is 1. The number of hydrogen-bond acceptors (Lipinski definition) is 5. The molecule has 1 heterocycles. The number of hydrogen-bond donors (Lipinski definition) is 1. The van der Waals surface area contributed by atoms with E-state index in [-0.39, 0.29) is 17.6 Å². The first-order chi connectivity index (χ1) is 11.8. The number of carbonyl (C=O) groups excluding carboxylic acids is 2. The largest absolute Gasteiger partial charge is 0.459 e. The standard InChI is InChI=1S/C19H18N2O4/c1-11(2)24-19(23)13-4-6-16(12(3)8-13)17-7-5-15(25-17)9-14(10-20)18(21)22/h4-9,11H,1-3H3,(H2,21,22)/b14-9+. The molecule has 6 heteroatoms. The third-order valence-electron chi connectivity index (χ3n) is 3.37. The van der Waals surface area contributed by atoms with Crippen LogP contribution in [0.3, 0.4) is 0 Å². The van der Waals surface area contributed by atoms with Crippen LogP contribution in [0.4, 0.5) is 0 Å². The van der Waals surface area contributed by atoms with Crippen molar-refractivity contribution in [2.75, 3.05) is 0 Å². The van der Waals surface area contributed by atoms with E-state index in [4.69, 9.17) is 20.1 Å². The number of ether oxygens (including phenoxy) is 1. The van der Waals surface area contributed by atoms with E-state index >= 15 is 0 Å². The second kappa shape index (κ2) is 7.49. The molecule has 2 rings (SSSR count). The molecule has 6 nitrogen and oxygen atoms in total. The maximum absolute atomic E-state index is 11.9. The number of carbonyl (C=O) groups is 2. The summed E-state index contributed by atoms with van der Waals surface area (Å²) in [5.41, 5.74) is 6.99. The average molecular weight is 338 g/mol. The summed E-state index contributed by atoms with van der Waals surface area (Å²) in [5.74, 6) is -0.306. The molecule has 2 aromatic rings. The third kappa shape index (κ3) is 4.36. The molecule has 0 aliphatic carbocycles. The Kier molecular flexibility index (Phi) is 5.40. The van der Waals surface area contributed by atoms with Gasteiger partial charge in [0.2, 0.25) is 0 Å². The fourth-order valence-electron chi connectivity index (χ4n) is 2.23. The van der Waals surface area contributed by atoms with Gasteiger partial charge in [-0.2, -0.15) is 5.26 Å². The van der Waals surface area contributed by atoms with Crippen molar-refractivity contribution >= 4 is 18.0 Å². The van der Waals surface area contributed by atoms with Crippen LogP contribution >= 0.6 is 0 Å². The second-order valence-corrected chi connectivity index (χ2v) is 5.72. The van der Waals surface area contributed by atoms with E-state index in [0.717, 1.165) is 11.1 Å². The van der Waals surface area contributed by atoms with Crippen LogP contribution < -0.4 is 5.73 Å². The molecule has 0 fully saturated rings. The Balaban J connectivity index is 2.30. The van der Waals surface area contributed by atoms with E-state index in [1.165, 1.54) is 6.08 Å². The number of rotatable bonds is 5. The number of nitrogens with zero attached hydrogens (tertiary/aromatic N) is 1. The number of primary amides is 1. The minimum atomic E-state index is -0.815. The zero-order valence-corrected chi connectivity index (χ0v) is 14.2. The number of furan rings is 1. The molecule has 0 unspecified atom stereocenters. The van der Waals surface area contributed by atoms with Gasteiger partial charge in [-0.1, -0.05) is 6.07 Å². The number of nitriles is 1. The van der Waals surface area contributed by atoms with Gasteiger partial charge in [0.05, 0.1) is 11.7 Å². The van der Waals surface area contributed by atoms with Gasteiger partial charge in [-0.3, -0.25) is 4.79 Å². The molecule has 128 valence electrons. The summed E-state index contributed by atoms with van der Waals surface area (Å²) in [7, 11) is 0. The Morgan fingerprint density at radius 3 is 2.56 bits per heavy atom. The lowest BCUT2D eigenvalue weighted by Gasteiger charge is -2.09. The molecule has 25 heavy (non-hydrogen) atoms. The topological polar surface area (TPSA) is 106 Å². The van der Waals surface area contributed by atoms with Crippen molar-refractivity contribution in [2.45, 2.75) is 26.9 Å².